The van der Waals surface area contributed by atoms with E-state index in [0.717, 1.165) is 45.3 Å². The maximum absolute atomic E-state index is 12.9. The van der Waals surface area contributed by atoms with E-state index < -0.39 is 0 Å². The third-order valence-electron chi connectivity index (χ3n) is 5.16. The molecule has 4 heteroatoms. The number of rotatable bonds is 3. The van der Waals surface area contributed by atoms with E-state index in [2.05, 4.69) is 16.7 Å². The van der Waals surface area contributed by atoms with Crippen molar-refractivity contribution in [1.82, 2.24) is 9.80 Å². The first-order valence-electron chi connectivity index (χ1n) is 8.50. The van der Waals surface area contributed by atoms with Crippen LogP contribution in [0.15, 0.2) is 0 Å². The highest BCUT2D eigenvalue weighted by atomic mass is 16.2. The lowest BCUT2D eigenvalue weighted by Crippen LogP contribution is -2.59. The fraction of sp³-hybridized carbons (Fsp3) is 0.938. The van der Waals surface area contributed by atoms with Gasteiger partial charge in [0.2, 0.25) is 0 Å². The van der Waals surface area contributed by atoms with Crippen molar-refractivity contribution in [3.63, 3.8) is 0 Å². The van der Waals surface area contributed by atoms with Crippen LogP contribution in [-0.2, 0) is 0 Å². The number of carbonyl (C=O) groups excluding carboxylic acids is 1. The zero-order valence-corrected chi connectivity index (χ0v) is 13.1. The lowest BCUT2D eigenvalue weighted by molar-refractivity contribution is 0.0758. The first-order valence-corrected chi connectivity index (χ1v) is 8.50. The summed E-state index contributed by atoms with van der Waals surface area (Å²) < 4.78 is 0. The molecule has 1 saturated carbocycles. The molecule has 0 aromatic heterocycles. The highest BCUT2D eigenvalue weighted by molar-refractivity contribution is 5.75. The van der Waals surface area contributed by atoms with Gasteiger partial charge in [-0.25, -0.2) is 4.79 Å². The van der Waals surface area contributed by atoms with Crippen molar-refractivity contribution in [2.45, 2.75) is 70.3 Å². The number of hydrogen-bond donors (Lipinski definition) is 1. The number of carbonyl (C=O) groups is 1. The van der Waals surface area contributed by atoms with Crippen molar-refractivity contribution >= 4 is 6.03 Å². The van der Waals surface area contributed by atoms with Crippen molar-refractivity contribution in [2.24, 2.45) is 5.73 Å². The Morgan fingerprint density at radius 2 is 1.60 bits per heavy atom. The quantitative estimate of drug-likeness (QED) is 0.809. The zero-order valence-electron chi connectivity index (χ0n) is 13.1. The zero-order chi connectivity index (χ0) is 14.4. The molecule has 0 bridgehead atoms. The summed E-state index contributed by atoms with van der Waals surface area (Å²) in [7, 11) is 0. The normalized spacial score (nSPS) is 23.2. The minimum absolute atomic E-state index is 0.0836. The summed E-state index contributed by atoms with van der Waals surface area (Å²) >= 11 is 0. The molecular weight excluding hydrogens is 250 g/mol. The molecular formula is C16H31N3O. The molecule has 1 aliphatic carbocycles. The average Bonchev–Trinajstić information content (AvgIpc) is 2.75. The standard InChI is InChI=1S/C16H31N3O/c1-2-19(15(20)18-12-8-5-9-13-18)16(14-17)10-6-3-4-7-11-16/h2-14,17H2,1H3. The van der Waals surface area contributed by atoms with Crippen LogP contribution in [0.25, 0.3) is 0 Å². The number of piperidine rings is 1. The van der Waals surface area contributed by atoms with E-state index in [0.29, 0.717) is 6.54 Å². The van der Waals surface area contributed by atoms with Crippen LogP contribution < -0.4 is 5.73 Å². The van der Waals surface area contributed by atoms with Crippen LogP contribution in [-0.4, -0.2) is 47.5 Å². The molecule has 0 radical (unpaired) electrons. The van der Waals surface area contributed by atoms with E-state index in [4.69, 9.17) is 5.73 Å². The number of nitrogens with zero attached hydrogens (tertiary/aromatic N) is 2. The Hall–Kier alpha value is -0.770. The van der Waals surface area contributed by atoms with Gasteiger partial charge in [0.05, 0.1) is 5.54 Å². The molecule has 0 aromatic rings. The van der Waals surface area contributed by atoms with E-state index in [1.807, 2.05) is 0 Å². The molecule has 0 spiro atoms. The molecule has 2 amide bonds. The van der Waals surface area contributed by atoms with Gasteiger partial charge < -0.3 is 15.5 Å². The van der Waals surface area contributed by atoms with Gasteiger partial charge >= 0.3 is 6.03 Å². The summed E-state index contributed by atoms with van der Waals surface area (Å²) in [6.07, 6.45) is 10.7. The van der Waals surface area contributed by atoms with Crippen LogP contribution in [0, 0.1) is 0 Å². The predicted molar refractivity (Wildman–Crippen MR) is 82.7 cm³/mol. The summed E-state index contributed by atoms with van der Waals surface area (Å²) in [5.74, 6) is 0. The molecule has 2 aliphatic rings. The van der Waals surface area contributed by atoms with Gasteiger partial charge in [0.15, 0.2) is 0 Å². The van der Waals surface area contributed by atoms with Gasteiger partial charge in [-0.1, -0.05) is 25.7 Å². The van der Waals surface area contributed by atoms with Crippen LogP contribution >= 0.6 is 0 Å². The molecule has 1 heterocycles. The summed E-state index contributed by atoms with van der Waals surface area (Å²) in [5.41, 5.74) is 6.06. The van der Waals surface area contributed by atoms with Crippen LogP contribution in [0.5, 0.6) is 0 Å². The molecule has 0 unspecified atom stereocenters. The molecule has 0 aromatic carbocycles. The number of hydrogen-bond acceptors (Lipinski definition) is 2. The highest BCUT2D eigenvalue weighted by Crippen LogP contribution is 2.33. The minimum atomic E-state index is -0.0836. The van der Waals surface area contributed by atoms with Gasteiger partial charge in [-0.15, -0.1) is 0 Å². The van der Waals surface area contributed by atoms with Crippen molar-refractivity contribution in [3.8, 4) is 0 Å². The van der Waals surface area contributed by atoms with Gasteiger partial charge in [0.1, 0.15) is 0 Å². The van der Waals surface area contributed by atoms with E-state index in [1.54, 1.807) is 0 Å². The molecule has 116 valence electrons. The van der Waals surface area contributed by atoms with Crippen molar-refractivity contribution in [3.05, 3.63) is 0 Å². The Morgan fingerprint density at radius 1 is 1.05 bits per heavy atom. The van der Waals surface area contributed by atoms with Gasteiger partial charge in [-0.3, -0.25) is 0 Å². The maximum Gasteiger partial charge on any atom is 0.320 e. The number of amides is 2. The van der Waals surface area contributed by atoms with E-state index >= 15 is 0 Å². The second-order valence-corrected chi connectivity index (χ2v) is 6.42. The van der Waals surface area contributed by atoms with Crippen molar-refractivity contribution in [1.29, 1.82) is 0 Å². The number of nitrogens with two attached hydrogens (primary N) is 1. The van der Waals surface area contributed by atoms with Crippen LogP contribution in [0.1, 0.15) is 64.7 Å². The van der Waals surface area contributed by atoms with E-state index in [-0.39, 0.29) is 11.6 Å². The molecule has 0 atom stereocenters. The van der Waals surface area contributed by atoms with Gasteiger partial charge in [-0.05, 0) is 39.0 Å². The first-order chi connectivity index (χ1) is 9.73. The maximum atomic E-state index is 12.9. The molecule has 1 aliphatic heterocycles. The SMILES string of the molecule is CCN(C(=O)N1CCCCC1)C1(CN)CCCCCC1. The molecule has 1 saturated heterocycles. The van der Waals surface area contributed by atoms with Crippen LogP contribution in [0.2, 0.25) is 0 Å². The summed E-state index contributed by atoms with van der Waals surface area (Å²) in [5, 5.41) is 0. The highest BCUT2D eigenvalue weighted by Gasteiger charge is 2.39. The fourth-order valence-electron chi connectivity index (χ4n) is 3.90. The Morgan fingerprint density at radius 3 is 2.10 bits per heavy atom. The van der Waals surface area contributed by atoms with Crippen molar-refractivity contribution in [2.75, 3.05) is 26.2 Å². The topological polar surface area (TPSA) is 49.6 Å². The second kappa shape index (κ2) is 7.30. The Kier molecular flexibility index (Phi) is 5.70. The summed E-state index contributed by atoms with van der Waals surface area (Å²) in [4.78, 5) is 17.1. The lowest BCUT2D eigenvalue weighted by atomic mass is 9.88. The number of likely N-dealkylation sites (N-methyl/N-ethyl adjacent to an activating group) is 1. The molecule has 4 nitrogen and oxygen atoms in total. The molecule has 2 rings (SSSR count). The largest absolute Gasteiger partial charge is 0.328 e. The van der Waals surface area contributed by atoms with Crippen molar-refractivity contribution < 1.29 is 4.79 Å². The fourth-order valence-corrected chi connectivity index (χ4v) is 3.90. The Bertz CT molecular complexity index is 305. The molecule has 2 N–H and O–H groups in total. The third-order valence-corrected chi connectivity index (χ3v) is 5.16. The molecule has 20 heavy (non-hydrogen) atoms. The van der Waals surface area contributed by atoms with Gasteiger partial charge in [0.25, 0.3) is 0 Å². The Labute approximate surface area is 123 Å². The lowest BCUT2D eigenvalue weighted by Gasteiger charge is -2.45. The second-order valence-electron chi connectivity index (χ2n) is 6.42. The summed E-state index contributed by atoms with van der Waals surface area (Å²) in [6, 6.07) is 0.236. The van der Waals surface area contributed by atoms with E-state index in [1.165, 1.54) is 32.1 Å². The smallest absolute Gasteiger partial charge is 0.320 e. The van der Waals surface area contributed by atoms with E-state index in [9.17, 15) is 4.79 Å². The number of likely N-dealkylation sites (tertiary alicyclic amines) is 1. The van der Waals surface area contributed by atoms with Gasteiger partial charge in [-0.2, -0.15) is 0 Å². The monoisotopic (exact) mass is 281 g/mol. The van der Waals surface area contributed by atoms with Gasteiger partial charge in [0, 0.05) is 26.2 Å². The predicted octanol–water partition coefficient (Wildman–Crippen LogP) is 2.97. The Balaban J connectivity index is 2.12. The average molecular weight is 281 g/mol. The first kappa shape index (κ1) is 15.6. The third kappa shape index (κ3) is 3.27. The van der Waals surface area contributed by atoms with Crippen LogP contribution in [0.3, 0.4) is 0 Å². The summed E-state index contributed by atoms with van der Waals surface area (Å²) in [6.45, 7) is 5.35. The van der Waals surface area contributed by atoms with Crippen LogP contribution in [0.4, 0.5) is 4.79 Å². The minimum Gasteiger partial charge on any atom is -0.328 e. The number of urea groups is 1. The molecule has 2 fully saturated rings.